The van der Waals surface area contributed by atoms with Crippen LogP contribution in [0.2, 0.25) is 0 Å². The van der Waals surface area contributed by atoms with Gasteiger partial charge in [-0.25, -0.2) is 4.98 Å². The molecule has 20 heavy (non-hydrogen) atoms. The lowest BCUT2D eigenvalue weighted by Crippen LogP contribution is -2.55. The highest BCUT2D eigenvalue weighted by molar-refractivity contribution is 5.41. The number of hydrogen-bond acceptors (Lipinski definition) is 5. The summed E-state index contributed by atoms with van der Waals surface area (Å²) in [6.07, 6.45) is 5.45. The number of aromatic nitrogens is 1. The van der Waals surface area contributed by atoms with E-state index in [0.29, 0.717) is 5.82 Å². The predicted octanol–water partition coefficient (Wildman–Crippen LogP) is 1.34. The fraction of sp³-hybridized carbons (Fsp3) is 0.667. The summed E-state index contributed by atoms with van der Waals surface area (Å²) in [4.78, 5) is 6.53. The lowest BCUT2D eigenvalue weighted by molar-refractivity contribution is -0.0772. The van der Waals surface area contributed by atoms with Crippen LogP contribution in [0.25, 0.3) is 0 Å². The van der Waals surface area contributed by atoms with E-state index in [2.05, 4.69) is 9.88 Å². The molecule has 110 valence electrons. The molecule has 1 atom stereocenters. The molecule has 0 bridgehead atoms. The highest BCUT2D eigenvalue weighted by atomic mass is 16.5. The molecule has 5 nitrogen and oxygen atoms in total. The van der Waals surface area contributed by atoms with Gasteiger partial charge in [0.25, 0.3) is 0 Å². The van der Waals surface area contributed by atoms with Gasteiger partial charge in [0, 0.05) is 24.8 Å². The van der Waals surface area contributed by atoms with Gasteiger partial charge in [-0.3, -0.25) is 4.90 Å². The van der Waals surface area contributed by atoms with Crippen LogP contribution in [0, 0.1) is 0 Å². The Balaban J connectivity index is 1.91. The van der Waals surface area contributed by atoms with E-state index in [0.717, 1.165) is 57.6 Å². The van der Waals surface area contributed by atoms with Crippen molar-refractivity contribution >= 4 is 5.82 Å². The first-order chi connectivity index (χ1) is 9.74. The molecular weight excluding hydrogens is 254 g/mol. The standard InChI is InChI=1S/C15H23N3O2/c16-14-12(4-3-7-17-14)13(19)15(5-1-2-6-15)18-8-10-20-11-9-18/h3-4,7,13,19H,1-2,5-6,8-11H2,(H2,16,17). The summed E-state index contributed by atoms with van der Waals surface area (Å²) < 4.78 is 5.45. The molecule has 1 aromatic heterocycles. The SMILES string of the molecule is Nc1ncccc1C(O)C1(N2CCOCC2)CCCC1. The maximum Gasteiger partial charge on any atom is 0.129 e. The Bertz CT molecular complexity index is 454. The molecule has 0 aromatic carbocycles. The lowest BCUT2D eigenvalue weighted by atomic mass is 9.84. The summed E-state index contributed by atoms with van der Waals surface area (Å²) in [7, 11) is 0. The van der Waals surface area contributed by atoms with Crippen molar-refractivity contribution in [1.29, 1.82) is 0 Å². The molecule has 1 unspecified atom stereocenters. The van der Waals surface area contributed by atoms with E-state index in [1.54, 1.807) is 6.20 Å². The molecule has 1 saturated carbocycles. The molecule has 2 heterocycles. The summed E-state index contributed by atoms with van der Waals surface area (Å²) in [6.45, 7) is 3.27. The maximum atomic E-state index is 11.0. The molecule has 1 aliphatic heterocycles. The van der Waals surface area contributed by atoms with E-state index in [4.69, 9.17) is 10.5 Å². The van der Waals surface area contributed by atoms with Gasteiger partial charge in [0.15, 0.2) is 0 Å². The zero-order chi connectivity index (χ0) is 14.0. The maximum absolute atomic E-state index is 11.0. The molecule has 3 rings (SSSR count). The average molecular weight is 277 g/mol. The summed E-state index contributed by atoms with van der Waals surface area (Å²) in [5.74, 6) is 0.444. The zero-order valence-electron chi connectivity index (χ0n) is 11.8. The Kier molecular flexibility index (Phi) is 3.92. The molecule has 5 heteroatoms. The summed E-state index contributed by atoms with van der Waals surface area (Å²) in [5, 5.41) is 11.0. The number of morpholine rings is 1. The first-order valence-corrected chi connectivity index (χ1v) is 7.45. The second-order valence-electron chi connectivity index (χ2n) is 5.79. The number of ether oxygens (including phenoxy) is 1. The monoisotopic (exact) mass is 277 g/mol. The van der Waals surface area contributed by atoms with Gasteiger partial charge in [-0.2, -0.15) is 0 Å². The smallest absolute Gasteiger partial charge is 0.129 e. The third-order valence-corrected chi connectivity index (χ3v) is 4.79. The molecule has 1 aliphatic carbocycles. The molecule has 3 N–H and O–H groups in total. The number of aliphatic hydroxyl groups is 1. The minimum atomic E-state index is -0.572. The van der Waals surface area contributed by atoms with Crippen molar-refractivity contribution in [3.8, 4) is 0 Å². The first kappa shape index (κ1) is 13.8. The fourth-order valence-corrected chi connectivity index (χ4v) is 3.71. The van der Waals surface area contributed by atoms with E-state index in [-0.39, 0.29) is 5.54 Å². The minimum absolute atomic E-state index is 0.194. The van der Waals surface area contributed by atoms with Crippen molar-refractivity contribution in [1.82, 2.24) is 9.88 Å². The third kappa shape index (κ3) is 2.30. The van der Waals surface area contributed by atoms with Crippen LogP contribution in [-0.2, 0) is 4.74 Å². The Morgan fingerprint density at radius 1 is 1.30 bits per heavy atom. The number of nitrogens with zero attached hydrogens (tertiary/aromatic N) is 2. The number of anilines is 1. The van der Waals surface area contributed by atoms with Gasteiger partial charge in [-0.05, 0) is 18.9 Å². The van der Waals surface area contributed by atoms with Gasteiger partial charge in [0.2, 0.25) is 0 Å². The molecule has 1 saturated heterocycles. The van der Waals surface area contributed by atoms with Crippen LogP contribution in [0.4, 0.5) is 5.82 Å². The van der Waals surface area contributed by atoms with E-state index >= 15 is 0 Å². The zero-order valence-corrected chi connectivity index (χ0v) is 11.8. The van der Waals surface area contributed by atoms with Gasteiger partial charge in [0.1, 0.15) is 11.9 Å². The predicted molar refractivity (Wildman–Crippen MR) is 77.2 cm³/mol. The van der Waals surface area contributed by atoms with Gasteiger partial charge in [-0.1, -0.05) is 18.9 Å². The Hall–Kier alpha value is -1.17. The molecule has 2 aliphatic rings. The summed E-state index contributed by atoms with van der Waals surface area (Å²) in [5.41, 5.74) is 6.53. The fourth-order valence-electron chi connectivity index (χ4n) is 3.71. The van der Waals surface area contributed by atoms with Crippen LogP contribution >= 0.6 is 0 Å². The van der Waals surface area contributed by atoms with Crippen molar-refractivity contribution in [2.24, 2.45) is 0 Å². The Labute approximate surface area is 119 Å². The van der Waals surface area contributed by atoms with E-state index in [1.165, 1.54) is 0 Å². The second-order valence-corrected chi connectivity index (χ2v) is 5.79. The van der Waals surface area contributed by atoms with Crippen LogP contribution in [0.1, 0.15) is 37.4 Å². The third-order valence-electron chi connectivity index (χ3n) is 4.79. The molecule has 0 amide bonds. The van der Waals surface area contributed by atoms with Crippen LogP contribution < -0.4 is 5.73 Å². The van der Waals surface area contributed by atoms with Gasteiger partial charge in [-0.15, -0.1) is 0 Å². The molecule has 1 aromatic rings. The summed E-state index contributed by atoms with van der Waals surface area (Å²) in [6, 6.07) is 3.74. The minimum Gasteiger partial charge on any atom is -0.386 e. The summed E-state index contributed by atoms with van der Waals surface area (Å²) >= 11 is 0. The van der Waals surface area contributed by atoms with Crippen LogP contribution in [0.5, 0.6) is 0 Å². The van der Waals surface area contributed by atoms with Crippen LogP contribution in [0.15, 0.2) is 18.3 Å². The highest BCUT2D eigenvalue weighted by Gasteiger charge is 2.46. The number of aliphatic hydroxyl groups excluding tert-OH is 1. The van der Waals surface area contributed by atoms with E-state index < -0.39 is 6.10 Å². The number of nitrogens with two attached hydrogens (primary N) is 1. The highest BCUT2D eigenvalue weighted by Crippen LogP contribution is 2.45. The van der Waals surface area contributed by atoms with Gasteiger partial charge < -0.3 is 15.6 Å². The molecule has 0 radical (unpaired) electrons. The topological polar surface area (TPSA) is 71.6 Å². The van der Waals surface area contributed by atoms with Gasteiger partial charge in [0.05, 0.1) is 18.8 Å². The Morgan fingerprint density at radius 3 is 2.65 bits per heavy atom. The van der Waals surface area contributed by atoms with Gasteiger partial charge >= 0.3 is 0 Å². The van der Waals surface area contributed by atoms with Crippen LogP contribution in [-0.4, -0.2) is 46.8 Å². The van der Waals surface area contributed by atoms with Crippen LogP contribution in [0.3, 0.4) is 0 Å². The number of pyridine rings is 1. The van der Waals surface area contributed by atoms with Crippen molar-refractivity contribution in [2.45, 2.75) is 37.3 Å². The van der Waals surface area contributed by atoms with Crippen molar-refractivity contribution in [3.63, 3.8) is 0 Å². The number of hydrogen-bond donors (Lipinski definition) is 2. The second kappa shape index (κ2) is 5.68. The van der Waals surface area contributed by atoms with E-state index in [1.807, 2.05) is 12.1 Å². The average Bonchev–Trinajstić information content (AvgIpc) is 2.99. The van der Waals surface area contributed by atoms with E-state index in [9.17, 15) is 5.11 Å². The van der Waals surface area contributed by atoms with Crippen molar-refractivity contribution < 1.29 is 9.84 Å². The Morgan fingerprint density at radius 2 is 2.00 bits per heavy atom. The number of nitrogen functional groups attached to an aromatic ring is 1. The normalized spacial score (nSPS) is 24.6. The first-order valence-electron chi connectivity index (χ1n) is 7.45. The molecular formula is C15H23N3O2. The number of rotatable bonds is 3. The van der Waals surface area contributed by atoms with Crippen molar-refractivity contribution in [2.75, 3.05) is 32.0 Å². The molecule has 2 fully saturated rings. The lowest BCUT2D eigenvalue weighted by Gasteiger charge is -2.46. The van der Waals surface area contributed by atoms with Crippen molar-refractivity contribution in [3.05, 3.63) is 23.9 Å². The quantitative estimate of drug-likeness (QED) is 0.872. The largest absolute Gasteiger partial charge is 0.386 e. The molecule has 0 spiro atoms.